The Kier molecular flexibility index (Phi) is 7.01. The van der Waals surface area contributed by atoms with Crippen molar-refractivity contribution < 1.29 is 19.1 Å². The van der Waals surface area contributed by atoms with Gasteiger partial charge in [-0.25, -0.2) is 4.98 Å². The van der Waals surface area contributed by atoms with E-state index in [0.717, 1.165) is 48.9 Å². The highest BCUT2D eigenvalue weighted by Crippen LogP contribution is 2.38. The van der Waals surface area contributed by atoms with Crippen molar-refractivity contribution in [1.29, 1.82) is 0 Å². The normalized spacial score (nSPS) is 18.9. The largest absolute Gasteiger partial charge is 0.490 e. The Morgan fingerprint density at radius 3 is 2.65 bits per heavy atom. The van der Waals surface area contributed by atoms with Gasteiger partial charge in [0.1, 0.15) is 12.4 Å². The molecule has 2 aliphatic rings. The summed E-state index contributed by atoms with van der Waals surface area (Å²) in [5.41, 5.74) is 7.78. The lowest BCUT2D eigenvalue weighted by Crippen LogP contribution is -2.31. The Bertz CT molecular complexity index is 1310. The first kappa shape index (κ1) is 25.0. The van der Waals surface area contributed by atoms with Crippen molar-refractivity contribution in [2.24, 2.45) is 5.73 Å². The molecule has 10 heteroatoms. The Balaban J connectivity index is 1.55. The fraction of sp³-hybridized carbons (Fsp3) is 0.481. The lowest BCUT2D eigenvalue weighted by atomic mass is 9.99. The van der Waals surface area contributed by atoms with Gasteiger partial charge in [0, 0.05) is 35.3 Å². The maximum absolute atomic E-state index is 12.4. The number of amides is 2. The fourth-order valence-corrected chi connectivity index (χ4v) is 5.05. The van der Waals surface area contributed by atoms with Gasteiger partial charge in [0.2, 0.25) is 11.8 Å². The lowest BCUT2D eigenvalue weighted by Gasteiger charge is -2.28. The lowest BCUT2D eigenvalue weighted by molar-refractivity contribution is -0.119. The molecule has 0 bridgehead atoms. The fourth-order valence-electron chi connectivity index (χ4n) is 5.05. The van der Waals surface area contributed by atoms with Crippen molar-refractivity contribution in [1.82, 2.24) is 25.0 Å². The minimum Gasteiger partial charge on any atom is -0.490 e. The van der Waals surface area contributed by atoms with Crippen LogP contribution in [0.5, 0.6) is 11.6 Å². The summed E-state index contributed by atoms with van der Waals surface area (Å²) in [6.45, 7) is 6.17. The van der Waals surface area contributed by atoms with E-state index in [0.29, 0.717) is 41.6 Å². The molecule has 0 spiro atoms. The number of fused-ring (bicyclic) bond motifs is 1. The number of aromatic nitrogens is 3. The minimum absolute atomic E-state index is 0.0297. The summed E-state index contributed by atoms with van der Waals surface area (Å²) in [5.74, 6) is 0.253. The number of pyridine rings is 1. The number of likely N-dealkylation sites (tertiary alicyclic amines) is 1. The second kappa shape index (κ2) is 10.4. The molecular weight excluding hydrogens is 472 g/mol. The van der Waals surface area contributed by atoms with Gasteiger partial charge in [0.15, 0.2) is 0 Å². The maximum atomic E-state index is 12.4. The third-order valence-corrected chi connectivity index (χ3v) is 7.06. The number of carbonyl (C=O) groups excluding carboxylic acids is 2. The van der Waals surface area contributed by atoms with E-state index in [4.69, 9.17) is 15.2 Å². The SMILES string of the molecule is CC(C)Oc1cc2c(OC[C@@H]3CCC(=O)N3)ncc(-c3cnn(C4CCN(C)CC4)c3)c2cc1C(N)=O. The van der Waals surface area contributed by atoms with E-state index >= 15 is 0 Å². The number of ether oxygens (including phenoxy) is 2. The highest BCUT2D eigenvalue weighted by atomic mass is 16.5. The summed E-state index contributed by atoms with van der Waals surface area (Å²) >= 11 is 0. The molecule has 0 radical (unpaired) electrons. The number of carbonyl (C=O) groups is 2. The number of nitrogens with two attached hydrogens (primary N) is 1. The molecule has 4 heterocycles. The molecule has 1 atom stereocenters. The van der Waals surface area contributed by atoms with E-state index in [9.17, 15) is 9.59 Å². The molecule has 10 nitrogen and oxygen atoms in total. The molecule has 2 aliphatic heterocycles. The minimum atomic E-state index is -0.571. The molecule has 2 amide bonds. The quantitative estimate of drug-likeness (QED) is 0.481. The van der Waals surface area contributed by atoms with Crippen LogP contribution in [0, 0.1) is 0 Å². The van der Waals surface area contributed by atoms with E-state index in [2.05, 4.69) is 27.3 Å². The van der Waals surface area contributed by atoms with Crippen molar-refractivity contribution in [3.63, 3.8) is 0 Å². The molecule has 3 N–H and O–H groups in total. The Hall–Kier alpha value is -3.66. The van der Waals surface area contributed by atoms with E-state index in [1.54, 1.807) is 18.3 Å². The molecule has 3 aromatic rings. The average Bonchev–Trinajstić information content (AvgIpc) is 3.51. The van der Waals surface area contributed by atoms with Crippen LogP contribution >= 0.6 is 0 Å². The van der Waals surface area contributed by atoms with Crippen LogP contribution in [0.2, 0.25) is 0 Å². The number of nitrogens with zero attached hydrogens (tertiary/aromatic N) is 4. The average molecular weight is 507 g/mol. The van der Waals surface area contributed by atoms with Gasteiger partial charge in [-0.2, -0.15) is 5.10 Å². The van der Waals surface area contributed by atoms with Gasteiger partial charge < -0.3 is 25.4 Å². The van der Waals surface area contributed by atoms with Crippen molar-refractivity contribution in [2.75, 3.05) is 26.7 Å². The van der Waals surface area contributed by atoms with E-state index in [1.807, 2.05) is 30.9 Å². The van der Waals surface area contributed by atoms with Gasteiger partial charge in [-0.05, 0) is 70.8 Å². The van der Waals surface area contributed by atoms with Crippen molar-refractivity contribution in [3.8, 4) is 22.8 Å². The molecule has 0 saturated carbocycles. The molecule has 2 aromatic heterocycles. The number of piperidine rings is 1. The summed E-state index contributed by atoms with van der Waals surface area (Å²) in [7, 11) is 2.14. The highest BCUT2D eigenvalue weighted by molar-refractivity contribution is 6.06. The van der Waals surface area contributed by atoms with Crippen LogP contribution in [0.4, 0.5) is 0 Å². The number of rotatable bonds is 8. The van der Waals surface area contributed by atoms with Crippen LogP contribution in [0.1, 0.15) is 55.9 Å². The molecule has 2 fully saturated rings. The smallest absolute Gasteiger partial charge is 0.252 e. The standard InChI is InChI=1S/C27H34N6O4/c1-16(2)37-24-11-21-20(10-22(24)26(28)35)23(13-29-27(21)36-15-18-4-5-25(34)31-18)17-12-30-33(14-17)19-6-8-32(3)9-7-19/h10-14,16,18-19H,4-9,15H2,1-3H3,(H2,28,35)(H,31,34)/t18-/m0/s1. The predicted molar refractivity (Wildman–Crippen MR) is 140 cm³/mol. The number of benzene rings is 1. The predicted octanol–water partition coefficient (Wildman–Crippen LogP) is 2.91. The van der Waals surface area contributed by atoms with Gasteiger partial charge >= 0.3 is 0 Å². The van der Waals surface area contributed by atoms with Gasteiger partial charge in [-0.15, -0.1) is 0 Å². The number of hydrogen-bond acceptors (Lipinski definition) is 7. The van der Waals surface area contributed by atoms with E-state index in [1.165, 1.54) is 0 Å². The molecular formula is C27H34N6O4. The monoisotopic (exact) mass is 506 g/mol. The first-order chi connectivity index (χ1) is 17.8. The molecule has 2 saturated heterocycles. The number of hydrogen-bond donors (Lipinski definition) is 2. The van der Waals surface area contributed by atoms with Crippen LogP contribution < -0.4 is 20.5 Å². The van der Waals surface area contributed by atoms with Crippen LogP contribution in [0.25, 0.3) is 21.9 Å². The Morgan fingerprint density at radius 2 is 1.97 bits per heavy atom. The van der Waals surface area contributed by atoms with Crippen molar-refractivity contribution in [3.05, 3.63) is 36.3 Å². The Labute approximate surface area is 216 Å². The second-order valence-corrected chi connectivity index (χ2v) is 10.3. The summed E-state index contributed by atoms with van der Waals surface area (Å²) in [4.78, 5) is 31.0. The highest BCUT2D eigenvalue weighted by Gasteiger charge is 2.24. The third kappa shape index (κ3) is 5.39. The van der Waals surface area contributed by atoms with Crippen LogP contribution in [0.3, 0.4) is 0 Å². The zero-order valence-electron chi connectivity index (χ0n) is 21.6. The Morgan fingerprint density at radius 1 is 1.19 bits per heavy atom. The van der Waals surface area contributed by atoms with Crippen molar-refractivity contribution >= 4 is 22.6 Å². The van der Waals surface area contributed by atoms with Crippen LogP contribution in [0.15, 0.2) is 30.7 Å². The van der Waals surface area contributed by atoms with Gasteiger partial charge in [-0.1, -0.05) is 0 Å². The first-order valence-corrected chi connectivity index (χ1v) is 12.9. The first-order valence-electron chi connectivity index (χ1n) is 12.9. The van der Waals surface area contributed by atoms with Gasteiger partial charge in [-0.3, -0.25) is 14.3 Å². The second-order valence-electron chi connectivity index (χ2n) is 10.3. The number of primary amides is 1. The summed E-state index contributed by atoms with van der Waals surface area (Å²) in [6.07, 6.45) is 8.78. The van der Waals surface area contributed by atoms with E-state index < -0.39 is 5.91 Å². The van der Waals surface area contributed by atoms with Crippen LogP contribution in [-0.4, -0.2) is 70.4 Å². The van der Waals surface area contributed by atoms with Gasteiger partial charge in [0.05, 0.1) is 29.9 Å². The molecule has 196 valence electrons. The van der Waals surface area contributed by atoms with Crippen LogP contribution in [-0.2, 0) is 4.79 Å². The summed E-state index contributed by atoms with van der Waals surface area (Å²) < 4.78 is 14.1. The summed E-state index contributed by atoms with van der Waals surface area (Å²) in [5, 5.41) is 9.05. The maximum Gasteiger partial charge on any atom is 0.252 e. The molecule has 0 aliphatic carbocycles. The third-order valence-electron chi connectivity index (χ3n) is 7.06. The van der Waals surface area contributed by atoms with E-state index in [-0.39, 0.29) is 18.1 Å². The molecule has 5 rings (SSSR count). The molecule has 37 heavy (non-hydrogen) atoms. The molecule has 1 aromatic carbocycles. The zero-order valence-corrected chi connectivity index (χ0v) is 21.6. The van der Waals surface area contributed by atoms with Crippen molar-refractivity contribution in [2.45, 2.75) is 57.7 Å². The zero-order chi connectivity index (χ0) is 26.1. The number of nitrogens with one attached hydrogen (secondary N) is 1. The van der Waals surface area contributed by atoms with Gasteiger partial charge in [0.25, 0.3) is 5.91 Å². The molecule has 0 unspecified atom stereocenters. The summed E-state index contributed by atoms with van der Waals surface area (Å²) in [6, 6.07) is 3.81. The topological polar surface area (TPSA) is 125 Å².